The number of nitrogens with one attached hydrogen (secondary N) is 1. The lowest BCUT2D eigenvalue weighted by Gasteiger charge is -2.16. The molecule has 0 bridgehead atoms. The molecule has 0 radical (unpaired) electrons. The second-order valence-electron chi connectivity index (χ2n) is 3.77. The standard InChI is InChI=1S/C11H19N3/c1-3-4-9(2)7-11(13)14-6-5-10(12)8-14/h3-4,7,10,13H,5-6,8,12H2,1-2H3/b4-3-,9-7-,13-11?. The lowest BCUT2D eigenvalue weighted by Crippen LogP contribution is -2.30. The first-order valence-corrected chi connectivity index (χ1v) is 5.03. The third-order valence-electron chi connectivity index (χ3n) is 2.36. The Kier molecular flexibility index (Phi) is 3.89. The van der Waals surface area contributed by atoms with Gasteiger partial charge in [0.05, 0.1) is 0 Å². The molecule has 1 atom stereocenters. The molecule has 0 aromatic rings. The first kappa shape index (κ1) is 11.0. The van der Waals surface area contributed by atoms with Crippen molar-refractivity contribution in [2.24, 2.45) is 5.73 Å². The second-order valence-corrected chi connectivity index (χ2v) is 3.77. The average molecular weight is 193 g/mol. The van der Waals surface area contributed by atoms with Gasteiger partial charge in [0, 0.05) is 19.1 Å². The van der Waals surface area contributed by atoms with E-state index in [1.54, 1.807) is 0 Å². The Balaban J connectivity index is 2.54. The molecule has 0 amide bonds. The van der Waals surface area contributed by atoms with Gasteiger partial charge in [-0.3, -0.25) is 5.41 Å². The molecule has 1 fully saturated rings. The minimum Gasteiger partial charge on any atom is -0.355 e. The van der Waals surface area contributed by atoms with Crippen LogP contribution < -0.4 is 5.73 Å². The molecule has 0 spiro atoms. The number of rotatable bonds is 2. The molecule has 14 heavy (non-hydrogen) atoms. The predicted molar refractivity (Wildman–Crippen MR) is 60.5 cm³/mol. The van der Waals surface area contributed by atoms with Crippen LogP contribution in [0.1, 0.15) is 20.3 Å². The number of nitrogens with two attached hydrogens (primary N) is 1. The van der Waals surface area contributed by atoms with Gasteiger partial charge < -0.3 is 10.6 Å². The molecular formula is C11H19N3. The number of amidine groups is 1. The van der Waals surface area contributed by atoms with Crippen molar-refractivity contribution in [2.45, 2.75) is 26.3 Å². The van der Waals surface area contributed by atoms with Crippen LogP contribution >= 0.6 is 0 Å². The van der Waals surface area contributed by atoms with Crippen LogP contribution in [0.25, 0.3) is 0 Å². The van der Waals surface area contributed by atoms with Crippen molar-refractivity contribution in [3.05, 3.63) is 23.8 Å². The summed E-state index contributed by atoms with van der Waals surface area (Å²) < 4.78 is 0. The van der Waals surface area contributed by atoms with Crippen LogP contribution in [0.3, 0.4) is 0 Å². The zero-order valence-corrected chi connectivity index (χ0v) is 8.96. The van der Waals surface area contributed by atoms with Crippen LogP contribution in [0.4, 0.5) is 0 Å². The van der Waals surface area contributed by atoms with E-state index in [2.05, 4.69) is 0 Å². The third-order valence-corrected chi connectivity index (χ3v) is 2.36. The van der Waals surface area contributed by atoms with Gasteiger partial charge in [-0.15, -0.1) is 0 Å². The van der Waals surface area contributed by atoms with E-state index in [9.17, 15) is 0 Å². The summed E-state index contributed by atoms with van der Waals surface area (Å²) in [4.78, 5) is 2.03. The van der Waals surface area contributed by atoms with Crippen molar-refractivity contribution in [3.63, 3.8) is 0 Å². The maximum absolute atomic E-state index is 7.84. The topological polar surface area (TPSA) is 53.1 Å². The largest absolute Gasteiger partial charge is 0.355 e. The highest BCUT2D eigenvalue weighted by atomic mass is 15.2. The smallest absolute Gasteiger partial charge is 0.120 e. The van der Waals surface area contributed by atoms with Crippen LogP contribution in [-0.2, 0) is 0 Å². The second kappa shape index (κ2) is 4.96. The van der Waals surface area contributed by atoms with Gasteiger partial charge >= 0.3 is 0 Å². The zero-order chi connectivity index (χ0) is 10.6. The molecule has 0 aromatic carbocycles. The maximum Gasteiger partial charge on any atom is 0.120 e. The highest BCUT2D eigenvalue weighted by Crippen LogP contribution is 2.08. The van der Waals surface area contributed by atoms with E-state index in [0.717, 1.165) is 25.1 Å². The SMILES string of the molecule is C/C=C\C(C)=C/C(=N)N1CCC(N)C1. The van der Waals surface area contributed by atoms with Crippen molar-refractivity contribution in [2.75, 3.05) is 13.1 Å². The molecule has 1 aliphatic rings. The van der Waals surface area contributed by atoms with E-state index >= 15 is 0 Å². The van der Waals surface area contributed by atoms with Gasteiger partial charge in [-0.2, -0.15) is 0 Å². The van der Waals surface area contributed by atoms with E-state index < -0.39 is 0 Å². The number of hydrogen-bond acceptors (Lipinski definition) is 2. The van der Waals surface area contributed by atoms with E-state index in [-0.39, 0.29) is 6.04 Å². The number of hydrogen-bond donors (Lipinski definition) is 2. The minimum atomic E-state index is 0.241. The Bertz CT molecular complexity index is 266. The van der Waals surface area contributed by atoms with Gasteiger partial charge in [0.1, 0.15) is 5.84 Å². The zero-order valence-electron chi connectivity index (χ0n) is 8.96. The summed E-state index contributed by atoms with van der Waals surface area (Å²) in [5.41, 5.74) is 6.89. The molecule has 1 saturated heterocycles. The Morgan fingerprint density at radius 3 is 2.79 bits per heavy atom. The molecule has 1 heterocycles. The summed E-state index contributed by atoms with van der Waals surface area (Å²) in [6.45, 7) is 5.72. The summed E-state index contributed by atoms with van der Waals surface area (Å²) in [5.74, 6) is 0.577. The van der Waals surface area contributed by atoms with Crippen molar-refractivity contribution >= 4 is 5.84 Å². The Morgan fingerprint density at radius 1 is 1.57 bits per heavy atom. The molecule has 3 heteroatoms. The molecule has 1 rings (SSSR count). The summed E-state index contributed by atoms with van der Waals surface area (Å²) in [6.07, 6.45) is 6.87. The van der Waals surface area contributed by atoms with Crippen LogP contribution in [0, 0.1) is 5.41 Å². The molecule has 1 aliphatic heterocycles. The van der Waals surface area contributed by atoms with Crippen LogP contribution in [0.5, 0.6) is 0 Å². The first-order chi connectivity index (χ1) is 6.63. The van der Waals surface area contributed by atoms with E-state index in [1.807, 2.05) is 37.0 Å². The van der Waals surface area contributed by atoms with Gasteiger partial charge in [-0.05, 0) is 31.9 Å². The molecule has 3 nitrogen and oxygen atoms in total. The van der Waals surface area contributed by atoms with E-state index in [4.69, 9.17) is 11.1 Å². The third kappa shape index (κ3) is 3.00. The molecular weight excluding hydrogens is 174 g/mol. The van der Waals surface area contributed by atoms with Crippen molar-refractivity contribution < 1.29 is 0 Å². The van der Waals surface area contributed by atoms with Gasteiger partial charge in [-0.25, -0.2) is 0 Å². The summed E-state index contributed by atoms with van der Waals surface area (Å²) in [5, 5.41) is 7.84. The van der Waals surface area contributed by atoms with Crippen LogP contribution in [0.15, 0.2) is 23.8 Å². The Morgan fingerprint density at radius 2 is 2.29 bits per heavy atom. The minimum absolute atomic E-state index is 0.241. The van der Waals surface area contributed by atoms with Gasteiger partial charge in [0.15, 0.2) is 0 Å². The Hall–Kier alpha value is -1.09. The molecule has 78 valence electrons. The molecule has 0 aromatic heterocycles. The molecule has 0 saturated carbocycles. The Labute approximate surface area is 85.8 Å². The van der Waals surface area contributed by atoms with E-state index in [1.165, 1.54) is 0 Å². The first-order valence-electron chi connectivity index (χ1n) is 5.03. The fourth-order valence-electron chi connectivity index (χ4n) is 1.62. The highest BCUT2D eigenvalue weighted by molar-refractivity contribution is 5.91. The molecule has 3 N–H and O–H groups in total. The fourth-order valence-corrected chi connectivity index (χ4v) is 1.62. The lowest BCUT2D eigenvalue weighted by molar-refractivity contribution is 0.509. The van der Waals surface area contributed by atoms with Crippen LogP contribution in [-0.4, -0.2) is 29.9 Å². The normalized spacial score (nSPS) is 23.5. The fraction of sp³-hybridized carbons (Fsp3) is 0.545. The van der Waals surface area contributed by atoms with Crippen LogP contribution in [0.2, 0.25) is 0 Å². The van der Waals surface area contributed by atoms with Crippen molar-refractivity contribution in [1.82, 2.24) is 4.90 Å². The summed E-state index contributed by atoms with van der Waals surface area (Å²) >= 11 is 0. The number of likely N-dealkylation sites (tertiary alicyclic amines) is 1. The maximum atomic E-state index is 7.84. The van der Waals surface area contributed by atoms with Gasteiger partial charge in [0.2, 0.25) is 0 Å². The van der Waals surface area contributed by atoms with Crippen molar-refractivity contribution in [3.8, 4) is 0 Å². The lowest BCUT2D eigenvalue weighted by atomic mass is 10.2. The van der Waals surface area contributed by atoms with Gasteiger partial charge in [0.25, 0.3) is 0 Å². The van der Waals surface area contributed by atoms with Gasteiger partial charge in [-0.1, -0.05) is 12.2 Å². The number of nitrogens with zero attached hydrogens (tertiary/aromatic N) is 1. The quantitative estimate of drug-likeness (QED) is 0.397. The summed E-state index contributed by atoms with van der Waals surface area (Å²) in [7, 11) is 0. The highest BCUT2D eigenvalue weighted by Gasteiger charge is 2.19. The van der Waals surface area contributed by atoms with E-state index in [0.29, 0.717) is 5.84 Å². The predicted octanol–water partition coefficient (Wildman–Crippen LogP) is 1.52. The van der Waals surface area contributed by atoms with Crippen molar-refractivity contribution in [1.29, 1.82) is 5.41 Å². The molecule has 1 unspecified atom stereocenters. The molecule has 0 aliphatic carbocycles. The number of allylic oxidation sites excluding steroid dienone is 3. The summed E-state index contributed by atoms with van der Waals surface area (Å²) in [6, 6.07) is 0.241. The monoisotopic (exact) mass is 193 g/mol. The average Bonchev–Trinajstić information content (AvgIpc) is 2.52.